The van der Waals surface area contributed by atoms with Gasteiger partial charge in [0.25, 0.3) is 5.91 Å². The van der Waals surface area contributed by atoms with Gasteiger partial charge >= 0.3 is 0 Å². The highest BCUT2D eigenvalue weighted by molar-refractivity contribution is 9.10. The zero-order valence-corrected chi connectivity index (χ0v) is 19.6. The maximum absolute atomic E-state index is 12.7. The molecule has 0 bridgehead atoms. The lowest BCUT2D eigenvalue weighted by atomic mass is 10.1. The minimum atomic E-state index is -0.551. The fraction of sp³-hybridized carbons (Fsp3) is 0.0833. The summed E-state index contributed by atoms with van der Waals surface area (Å²) < 4.78 is 6.87. The Balaban J connectivity index is 1.87. The number of hydrogen-bond acceptors (Lipinski definition) is 3. The third-order valence-corrected chi connectivity index (χ3v) is 5.91. The van der Waals surface area contributed by atoms with Crippen molar-refractivity contribution in [2.75, 3.05) is 5.32 Å². The maximum atomic E-state index is 12.7. The molecule has 31 heavy (non-hydrogen) atoms. The van der Waals surface area contributed by atoms with Crippen LogP contribution in [0.3, 0.4) is 0 Å². The van der Waals surface area contributed by atoms with Gasteiger partial charge in [0.15, 0.2) is 0 Å². The van der Waals surface area contributed by atoms with Crippen molar-refractivity contribution in [2.24, 2.45) is 0 Å². The van der Waals surface area contributed by atoms with E-state index >= 15 is 0 Å². The topological polar surface area (TPSA) is 62.1 Å². The van der Waals surface area contributed by atoms with Crippen molar-refractivity contribution in [3.63, 3.8) is 0 Å². The summed E-state index contributed by atoms with van der Waals surface area (Å²) in [6, 6.07) is 19.9. The third kappa shape index (κ3) is 5.89. The van der Waals surface area contributed by atoms with E-state index in [1.807, 2.05) is 30.3 Å². The lowest BCUT2D eigenvalue weighted by Gasteiger charge is -2.12. The van der Waals surface area contributed by atoms with Gasteiger partial charge in [-0.05, 0) is 55.0 Å². The molecule has 0 radical (unpaired) electrons. The summed E-state index contributed by atoms with van der Waals surface area (Å²) >= 11 is 15.7. The Kier molecular flexibility index (Phi) is 7.75. The van der Waals surface area contributed by atoms with Crippen LogP contribution in [0.15, 0.2) is 70.7 Å². The highest BCUT2D eigenvalue weighted by atomic mass is 79.9. The van der Waals surface area contributed by atoms with Crippen LogP contribution < -0.4 is 10.1 Å². The first-order valence-electron chi connectivity index (χ1n) is 9.23. The predicted molar refractivity (Wildman–Crippen MR) is 128 cm³/mol. The van der Waals surface area contributed by atoms with Gasteiger partial charge in [-0.2, -0.15) is 5.26 Å². The number of rotatable bonds is 6. The molecule has 1 amide bonds. The van der Waals surface area contributed by atoms with Crippen LogP contribution in [-0.2, 0) is 11.4 Å². The number of halogens is 3. The summed E-state index contributed by atoms with van der Waals surface area (Å²) in [4.78, 5) is 12.7. The molecule has 0 unspecified atom stereocenters. The molecule has 156 valence electrons. The van der Waals surface area contributed by atoms with E-state index in [0.717, 1.165) is 15.6 Å². The highest BCUT2D eigenvalue weighted by Gasteiger charge is 2.14. The Hall–Kier alpha value is -2.78. The number of hydrogen-bond donors (Lipinski definition) is 1. The molecule has 0 aromatic heterocycles. The smallest absolute Gasteiger partial charge is 0.266 e. The number of anilines is 1. The molecule has 4 nitrogen and oxygen atoms in total. The Morgan fingerprint density at radius 2 is 1.94 bits per heavy atom. The molecule has 3 rings (SSSR count). The van der Waals surface area contributed by atoms with Crippen LogP contribution in [0.2, 0.25) is 10.0 Å². The number of nitriles is 1. The van der Waals surface area contributed by atoms with Crippen molar-refractivity contribution in [2.45, 2.75) is 13.5 Å². The van der Waals surface area contributed by atoms with Gasteiger partial charge in [0, 0.05) is 31.3 Å². The van der Waals surface area contributed by atoms with Crippen LogP contribution in [0.25, 0.3) is 6.08 Å². The SMILES string of the molecule is Cc1c(Cl)cccc1NC(=O)/C(C#N)=C/c1cc(Cl)ccc1OCc1ccccc1Br. The van der Waals surface area contributed by atoms with Gasteiger partial charge in [0.1, 0.15) is 24.0 Å². The van der Waals surface area contributed by atoms with Gasteiger partial charge in [-0.3, -0.25) is 4.79 Å². The third-order valence-electron chi connectivity index (χ3n) is 4.49. The molecule has 0 aliphatic rings. The van der Waals surface area contributed by atoms with Gasteiger partial charge in [-0.15, -0.1) is 0 Å². The van der Waals surface area contributed by atoms with Crippen molar-refractivity contribution >= 4 is 56.8 Å². The molecular formula is C24H17BrCl2N2O2. The minimum absolute atomic E-state index is 0.0904. The molecule has 0 saturated carbocycles. The Morgan fingerprint density at radius 1 is 1.16 bits per heavy atom. The van der Waals surface area contributed by atoms with E-state index in [4.69, 9.17) is 27.9 Å². The highest BCUT2D eigenvalue weighted by Crippen LogP contribution is 2.28. The molecule has 0 heterocycles. The van der Waals surface area contributed by atoms with Crippen LogP contribution in [-0.4, -0.2) is 5.91 Å². The molecule has 3 aromatic carbocycles. The van der Waals surface area contributed by atoms with Gasteiger partial charge in [-0.1, -0.05) is 63.4 Å². The quantitative estimate of drug-likeness (QED) is 0.279. The first kappa shape index (κ1) is 22.9. The number of nitrogens with zero attached hydrogens (tertiary/aromatic N) is 1. The van der Waals surface area contributed by atoms with Crippen molar-refractivity contribution in [1.82, 2.24) is 0 Å². The zero-order valence-electron chi connectivity index (χ0n) is 16.5. The number of carbonyl (C=O) groups is 1. The summed E-state index contributed by atoms with van der Waals surface area (Å²) in [5.41, 5.74) is 2.65. The summed E-state index contributed by atoms with van der Waals surface area (Å²) in [6.45, 7) is 2.10. The van der Waals surface area contributed by atoms with Crippen molar-refractivity contribution < 1.29 is 9.53 Å². The molecule has 7 heteroatoms. The van der Waals surface area contributed by atoms with Crippen molar-refractivity contribution in [3.8, 4) is 11.8 Å². The first-order valence-corrected chi connectivity index (χ1v) is 10.8. The van der Waals surface area contributed by atoms with Crippen LogP contribution >= 0.6 is 39.1 Å². The Labute approximate surface area is 199 Å². The average molecular weight is 516 g/mol. The van der Waals surface area contributed by atoms with Gasteiger partial charge in [0.2, 0.25) is 0 Å². The second-order valence-electron chi connectivity index (χ2n) is 6.60. The summed E-state index contributed by atoms with van der Waals surface area (Å²) in [7, 11) is 0. The molecule has 0 saturated heterocycles. The van der Waals surface area contributed by atoms with E-state index in [1.54, 1.807) is 43.3 Å². The van der Waals surface area contributed by atoms with Crippen LogP contribution in [0.1, 0.15) is 16.7 Å². The van der Waals surface area contributed by atoms with Gasteiger partial charge in [-0.25, -0.2) is 0 Å². The van der Waals surface area contributed by atoms with E-state index in [-0.39, 0.29) is 5.57 Å². The van der Waals surface area contributed by atoms with Crippen molar-refractivity contribution in [3.05, 3.63) is 97.4 Å². The number of amides is 1. The van der Waals surface area contributed by atoms with E-state index in [1.165, 1.54) is 6.08 Å². The molecule has 3 aromatic rings. The van der Waals surface area contributed by atoms with E-state index in [2.05, 4.69) is 21.2 Å². The van der Waals surface area contributed by atoms with Crippen molar-refractivity contribution in [1.29, 1.82) is 5.26 Å². The second-order valence-corrected chi connectivity index (χ2v) is 8.30. The van der Waals surface area contributed by atoms with E-state index in [9.17, 15) is 10.1 Å². The van der Waals surface area contributed by atoms with E-state index < -0.39 is 5.91 Å². The number of nitrogens with one attached hydrogen (secondary N) is 1. The van der Waals surface area contributed by atoms with Crippen LogP contribution in [0.4, 0.5) is 5.69 Å². The number of carbonyl (C=O) groups excluding carboxylic acids is 1. The molecule has 1 N–H and O–H groups in total. The van der Waals surface area contributed by atoms with Gasteiger partial charge in [0.05, 0.1) is 0 Å². The van der Waals surface area contributed by atoms with Crippen LogP contribution in [0.5, 0.6) is 5.75 Å². The summed E-state index contributed by atoms with van der Waals surface area (Å²) in [6.07, 6.45) is 1.45. The number of ether oxygens (including phenoxy) is 1. The lowest BCUT2D eigenvalue weighted by Crippen LogP contribution is -2.14. The van der Waals surface area contributed by atoms with Gasteiger partial charge < -0.3 is 10.1 Å². The fourth-order valence-electron chi connectivity index (χ4n) is 2.77. The van der Waals surface area contributed by atoms with E-state index in [0.29, 0.717) is 33.7 Å². The largest absolute Gasteiger partial charge is 0.488 e. The monoisotopic (exact) mass is 514 g/mol. The zero-order chi connectivity index (χ0) is 22.4. The molecule has 0 aliphatic heterocycles. The molecule has 0 fully saturated rings. The Morgan fingerprint density at radius 3 is 2.68 bits per heavy atom. The number of benzene rings is 3. The lowest BCUT2D eigenvalue weighted by molar-refractivity contribution is -0.112. The summed E-state index contributed by atoms with van der Waals surface area (Å²) in [5, 5.41) is 13.3. The summed E-state index contributed by atoms with van der Waals surface area (Å²) in [5.74, 6) is -0.0516. The average Bonchev–Trinajstić information content (AvgIpc) is 2.75. The first-order chi connectivity index (χ1) is 14.9. The fourth-order valence-corrected chi connectivity index (χ4v) is 3.53. The van der Waals surface area contributed by atoms with Crippen LogP contribution in [0, 0.1) is 18.3 Å². The normalized spacial score (nSPS) is 11.0. The Bertz CT molecular complexity index is 1200. The molecule has 0 aliphatic carbocycles. The molecule has 0 atom stereocenters. The minimum Gasteiger partial charge on any atom is -0.488 e. The maximum Gasteiger partial charge on any atom is 0.266 e. The predicted octanol–water partition coefficient (Wildman–Crippen LogP) is 7.19. The molecule has 0 spiro atoms. The second kappa shape index (κ2) is 10.5. The standard InChI is InChI=1S/C24H17BrCl2N2O2/c1-15-21(27)7-4-8-22(15)29-24(30)18(13-28)11-17-12-19(26)9-10-23(17)31-14-16-5-2-3-6-20(16)25/h2-12H,14H2,1H3,(H,29,30)/b18-11+. The molecular weight excluding hydrogens is 499 g/mol.